The van der Waals surface area contributed by atoms with E-state index in [9.17, 15) is 19.8 Å². The molecule has 2 aromatic rings. The van der Waals surface area contributed by atoms with Crippen LogP contribution in [0, 0.1) is 11.3 Å². The minimum Gasteiger partial charge on any atom is -0.507 e. The van der Waals surface area contributed by atoms with E-state index in [1.807, 2.05) is 37.3 Å². The van der Waals surface area contributed by atoms with Crippen molar-refractivity contribution < 1.29 is 24.5 Å². The second-order valence-electron chi connectivity index (χ2n) is 10.8. The Hall–Kier alpha value is -3.34. The quantitative estimate of drug-likeness (QED) is 0.381. The van der Waals surface area contributed by atoms with E-state index in [0.717, 1.165) is 24.8 Å². The maximum atomic E-state index is 12.1. The Labute approximate surface area is 207 Å². The van der Waals surface area contributed by atoms with Crippen molar-refractivity contribution in [2.45, 2.75) is 64.9 Å². The van der Waals surface area contributed by atoms with Crippen LogP contribution in [-0.4, -0.2) is 28.4 Å². The smallest absolute Gasteiger partial charge is 0.157 e. The number of phenolic OH excluding ortho intramolecular Hbond substituents is 2. The minimum atomic E-state index is -0.718. The Morgan fingerprint density at radius 3 is 2.31 bits per heavy atom. The third kappa shape index (κ3) is 4.52. The van der Waals surface area contributed by atoms with E-state index in [-0.39, 0.29) is 39.9 Å². The summed E-state index contributed by atoms with van der Waals surface area (Å²) in [6, 6.07) is 9.82. The summed E-state index contributed by atoms with van der Waals surface area (Å²) in [5.41, 5.74) is 1.54. The van der Waals surface area contributed by atoms with Crippen molar-refractivity contribution in [2.75, 3.05) is 0 Å². The predicted octanol–water partition coefficient (Wildman–Crippen LogP) is 6.72. The maximum Gasteiger partial charge on any atom is 0.157 e. The zero-order valence-electron chi connectivity index (χ0n) is 20.9. The van der Waals surface area contributed by atoms with Gasteiger partial charge in [0.2, 0.25) is 0 Å². The van der Waals surface area contributed by atoms with Crippen LogP contribution in [-0.2, 0) is 0 Å². The first-order valence-electron chi connectivity index (χ1n) is 12.2. The van der Waals surface area contributed by atoms with E-state index in [2.05, 4.69) is 39.0 Å². The molecule has 0 saturated heterocycles. The highest BCUT2D eigenvalue weighted by molar-refractivity contribution is 5.95. The lowest BCUT2D eigenvalue weighted by Crippen LogP contribution is -2.47. The lowest BCUT2D eigenvalue weighted by molar-refractivity contribution is -0.00275. The van der Waals surface area contributed by atoms with Crippen molar-refractivity contribution >= 4 is 12.6 Å². The summed E-state index contributed by atoms with van der Waals surface area (Å²) >= 11 is 0. The number of aldehydes is 2. The number of rotatable bonds is 3. The van der Waals surface area contributed by atoms with Crippen molar-refractivity contribution in [3.05, 3.63) is 76.4 Å². The van der Waals surface area contributed by atoms with Crippen LogP contribution in [0.3, 0.4) is 0 Å². The van der Waals surface area contributed by atoms with Gasteiger partial charge < -0.3 is 14.9 Å². The molecule has 184 valence electrons. The summed E-state index contributed by atoms with van der Waals surface area (Å²) in [5, 5.41) is 21.9. The molecule has 0 fully saturated rings. The van der Waals surface area contributed by atoms with Crippen LogP contribution in [0.1, 0.15) is 91.1 Å². The van der Waals surface area contributed by atoms with Gasteiger partial charge in [-0.2, -0.15) is 0 Å². The lowest BCUT2D eigenvalue weighted by atomic mass is 9.66. The van der Waals surface area contributed by atoms with Crippen LogP contribution in [0.5, 0.6) is 17.2 Å². The standard InChI is InChI=1S/C30H34O5/c1-19-11-12-23-24(20-9-6-5-7-10-20)25-27(34)21(17-31)26(33)22(18-32)28(25)35-30(23,4)15-8-14-29(2,3)16-13-19/h5-10,13-14,17-18,23-24,33-34H,11-12,15-16H2,1-4H3/b14-8-,19-13-. The Kier molecular flexibility index (Phi) is 6.63. The van der Waals surface area contributed by atoms with Gasteiger partial charge in [0.25, 0.3) is 0 Å². The van der Waals surface area contributed by atoms with Gasteiger partial charge in [0.05, 0.1) is 11.1 Å². The van der Waals surface area contributed by atoms with Gasteiger partial charge in [-0.15, -0.1) is 0 Å². The van der Waals surface area contributed by atoms with E-state index in [0.29, 0.717) is 24.6 Å². The van der Waals surface area contributed by atoms with E-state index in [4.69, 9.17) is 4.74 Å². The number of benzene rings is 2. The van der Waals surface area contributed by atoms with Gasteiger partial charge in [0.1, 0.15) is 22.8 Å². The number of phenols is 2. The number of allylic oxidation sites excluding steroid dienone is 3. The van der Waals surface area contributed by atoms with Crippen LogP contribution in [0.15, 0.2) is 54.1 Å². The number of hydrogen-bond acceptors (Lipinski definition) is 5. The topological polar surface area (TPSA) is 83.8 Å². The van der Waals surface area contributed by atoms with Gasteiger partial charge >= 0.3 is 0 Å². The number of aromatic hydroxyl groups is 2. The van der Waals surface area contributed by atoms with Crippen LogP contribution >= 0.6 is 0 Å². The van der Waals surface area contributed by atoms with Gasteiger partial charge in [-0.1, -0.05) is 68.0 Å². The Morgan fingerprint density at radius 2 is 1.66 bits per heavy atom. The zero-order valence-corrected chi connectivity index (χ0v) is 20.9. The molecule has 1 aliphatic carbocycles. The zero-order chi connectivity index (χ0) is 25.4. The van der Waals surface area contributed by atoms with E-state index in [1.54, 1.807) is 0 Å². The summed E-state index contributed by atoms with van der Waals surface area (Å²) in [7, 11) is 0. The molecule has 1 aliphatic heterocycles. The van der Waals surface area contributed by atoms with Crippen molar-refractivity contribution in [1.29, 1.82) is 0 Å². The monoisotopic (exact) mass is 474 g/mol. The Morgan fingerprint density at radius 1 is 0.971 bits per heavy atom. The Bertz CT molecular complexity index is 1190. The first kappa shape index (κ1) is 24.8. The summed E-state index contributed by atoms with van der Waals surface area (Å²) in [6.07, 6.45) is 10.7. The number of carbonyl (C=O) groups excluding carboxylic acids is 2. The molecule has 0 spiro atoms. The largest absolute Gasteiger partial charge is 0.507 e. The highest BCUT2D eigenvalue weighted by Gasteiger charge is 2.49. The van der Waals surface area contributed by atoms with Crippen LogP contribution in [0.25, 0.3) is 0 Å². The van der Waals surface area contributed by atoms with Gasteiger partial charge in [-0.25, -0.2) is 0 Å². The van der Waals surface area contributed by atoms with E-state index in [1.165, 1.54) is 5.57 Å². The molecule has 5 nitrogen and oxygen atoms in total. The number of fused-ring (bicyclic) bond motifs is 2. The molecule has 3 unspecified atom stereocenters. The molecule has 1 heterocycles. The SMILES string of the molecule is C/C1=C/CC(C)(C)/C=C\CC2(C)Oc3c(C=O)c(O)c(C=O)c(O)c3C(c3ccccc3)C2CC1. The van der Waals surface area contributed by atoms with Crippen molar-refractivity contribution in [3.63, 3.8) is 0 Å². The summed E-state index contributed by atoms with van der Waals surface area (Å²) < 4.78 is 6.60. The predicted molar refractivity (Wildman–Crippen MR) is 137 cm³/mol. The summed E-state index contributed by atoms with van der Waals surface area (Å²) in [5.74, 6) is -1.12. The van der Waals surface area contributed by atoms with E-state index >= 15 is 0 Å². The second-order valence-corrected chi connectivity index (χ2v) is 10.8. The number of hydrogen-bond donors (Lipinski definition) is 2. The molecule has 0 bridgehead atoms. The molecule has 5 heteroatoms. The second kappa shape index (κ2) is 9.37. The van der Waals surface area contributed by atoms with Crippen molar-refractivity contribution in [1.82, 2.24) is 0 Å². The molecule has 35 heavy (non-hydrogen) atoms. The molecule has 2 aliphatic rings. The normalized spacial score (nSPS) is 28.2. The first-order chi connectivity index (χ1) is 16.6. The maximum absolute atomic E-state index is 12.1. The van der Waals surface area contributed by atoms with Gasteiger partial charge in [-0.05, 0) is 44.1 Å². The number of carbonyl (C=O) groups is 2. The Balaban J connectivity index is 2.01. The molecule has 3 atom stereocenters. The molecule has 0 aromatic heterocycles. The van der Waals surface area contributed by atoms with Crippen molar-refractivity contribution in [2.24, 2.45) is 11.3 Å². The van der Waals surface area contributed by atoms with Crippen molar-refractivity contribution in [3.8, 4) is 17.2 Å². The molecule has 2 N–H and O–H groups in total. The summed E-state index contributed by atoms with van der Waals surface area (Å²) in [6.45, 7) is 8.60. The van der Waals surface area contributed by atoms with Crippen LogP contribution in [0.4, 0.5) is 0 Å². The fraction of sp³-hybridized carbons (Fsp3) is 0.400. The third-order valence-corrected chi connectivity index (χ3v) is 7.66. The highest BCUT2D eigenvalue weighted by atomic mass is 16.5. The van der Waals surface area contributed by atoms with Gasteiger partial charge in [-0.3, -0.25) is 9.59 Å². The number of ether oxygens (including phenoxy) is 1. The van der Waals surface area contributed by atoms with Gasteiger partial charge in [0, 0.05) is 23.8 Å². The van der Waals surface area contributed by atoms with Crippen LogP contribution in [0.2, 0.25) is 0 Å². The molecular weight excluding hydrogens is 440 g/mol. The molecule has 4 rings (SSSR count). The highest BCUT2D eigenvalue weighted by Crippen LogP contribution is 2.57. The minimum absolute atomic E-state index is 0.00772. The molecule has 0 radical (unpaired) electrons. The lowest BCUT2D eigenvalue weighted by Gasteiger charge is -2.48. The van der Waals surface area contributed by atoms with E-state index < -0.39 is 11.4 Å². The molecule has 0 saturated carbocycles. The average molecular weight is 475 g/mol. The first-order valence-corrected chi connectivity index (χ1v) is 12.2. The molecular formula is C30H34O5. The average Bonchev–Trinajstić information content (AvgIpc) is 2.83. The molecule has 2 aromatic carbocycles. The van der Waals surface area contributed by atoms with Gasteiger partial charge in [0.15, 0.2) is 12.6 Å². The fourth-order valence-corrected chi connectivity index (χ4v) is 5.57. The van der Waals surface area contributed by atoms with Crippen LogP contribution < -0.4 is 4.74 Å². The molecule has 0 amide bonds. The third-order valence-electron chi connectivity index (χ3n) is 7.66. The summed E-state index contributed by atoms with van der Waals surface area (Å²) in [4.78, 5) is 23.9. The fourth-order valence-electron chi connectivity index (χ4n) is 5.57.